The predicted molar refractivity (Wildman–Crippen MR) is 80.1 cm³/mol. The van der Waals surface area contributed by atoms with Gasteiger partial charge in [-0.25, -0.2) is 4.79 Å². The molecule has 0 unspecified atom stereocenters. The smallest absolute Gasteiger partial charge is 0.328 e. The quantitative estimate of drug-likeness (QED) is 0.774. The maximum atomic E-state index is 11.9. The highest BCUT2D eigenvalue weighted by atomic mass is 16.5. The van der Waals surface area contributed by atoms with Crippen molar-refractivity contribution in [3.63, 3.8) is 0 Å². The van der Waals surface area contributed by atoms with E-state index in [9.17, 15) is 9.59 Å². The molecule has 0 radical (unpaired) electrons. The minimum absolute atomic E-state index is 0.0432. The molecule has 0 bridgehead atoms. The minimum Gasteiger partial charge on any atom is -0.484 e. The Morgan fingerprint density at radius 3 is 2.73 bits per heavy atom. The second-order valence-electron chi connectivity index (χ2n) is 4.88. The summed E-state index contributed by atoms with van der Waals surface area (Å²) in [5.74, 6) is -0.516. The first kappa shape index (κ1) is 17.5. The van der Waals surface area contributed by atoms with Crippen molar-refractivity contribution in [2.75, 3.05) is 13.7 Å². The van der Waals surface area contributed by atoms with Crippen molar-refractivity contribution in [3.05, 3.63) is 29.8 Å². The molecule has 1 amide bonds. The number of carbonyl (C=O) groups excluding carboxylic acids is 2. The number of amides is 1. The molecule has 0 aliphatic carbocycles. The van der Waals surface area contributed by atoms with E-state index >= 15 is 0 Å². The second-order valence-corrected chi connectivity index (χ2v) is 4.88. The molecule has 6 nitrogen and oxygen atoms in total. The van der Waals surface area contributed by atoms with Crippen LogP contribution in [0.25, 0.3) is 0 Å². The number of hydrogen-bond acceptors (Lipinski definition) is 5. The molecular weight excluding hydrogens is 284 g/mol. The van der Waals surface area contributed by atoms with Crippen molar-refractivity contribution >= 4 is 11.9 Å². The molecule has 22 heavy (non-hydrogen) atoms. The van der Waals surface area contributed by atoms with Crippen molar-refractivity contribution in [1.29, 1.82) is 5.26 Å². The number of hydrogen-bond donors (Lipinski definition) is 1. The fraction of sp³-hybridized carbons (Fsp3) is 0.438. The zero-order valence-electron chi connectivity index (χ0n) is 13.0. The number of carbonyl (C=O) groups is 2. The van der Waals surface area contributed by atoms with Gasteiger partial charge < -0.3 is 14.8 Å². The van der Waals surface area contributed by atoms with Crippen LogP contribution in [0.1, 0.15) is 25.8 Å². The first-order chi connectivity index (χ1) is 10.5. The van der Waals surface area contributed by atoms with E-state index in [0.717, 1.165) is 6.42 Å². The second kappa shape index (κ2) is 8.67. The van der Waals surface area contributed by atoms with Crippen molar-refractivity contribution in [2.24, 2.45) is 5.92 Å². The lowest BCUT2D eigenvalue weighted by Crippen LogP contribution is -2.47. The summed E-state index contributed by atoms with van der Waals surface area (Å²) in [5, 5.41) is 11.4. The van der Waals surface area contributed by atoms with Crippen molar-refractivity contribution < 1.29 is 19.1 Å². The van der Waals surface area contributed by atoms with Gasteiger partial charge in [0.15, 0.2) is 6.61 Å². The zero-order valence-corrected chi connectivity index (χ0v) is 13.0. The fourth-order valence-electron chi connectivity index (χ4n) is 1.82. The molecule has 0 spiro atoms. The topological polar surface area (TPSA) is 88.4 Å². The van der Waals surface area contributed by atoms with E-state index in [1.165, 1.54) is 7.11 Å². The maximum Gasteiger partial charge on any atom is 0.328 e. The van der Waals surface area contributed by atoms with Crippen molar-refractivity contribution in [3.8, 4) is 11.8 Å². The molecular formula is C16H20N2O4. The van der Waals surface area contributed by atoms with Gasteiger partial charge in [-0.1, -0.05) is 26.3 Å². The van der Waals surface area contributed by atoms with E-state index < -0.39 is 17.9 Å². The zero-order chi connectivity index (χ0) is 16.5. The van der Waals surface area contributed by atoms with Gasteiger partial charge in [-0.3, -0.25) is 4.79 Å². The molecule has 2 atom stereocenters. The SMILES string of the molecule is CC[C@H](C)[C@H](NC(=O)COc1cccc(C#N)c1)C(=O)OC. The predicted octanol–water partition coefficient (Wildman–Crippen LogP) is 1.64. The first-order valence-corrected chi connectivity index (χ1v) is 7.02. The maximum absolute atomic E-state index is 11.9. The number of nitrogens with one attached hydrogen (secondary N) is 1. The molecule has 118 valence electrons. The number of nitrogens with zero attached hydrogens (tertiary/aromatic N) is 1. The molecule has 0 saturated heterocycles. The fourth-order valence-corrected chi connectivity index (χ4v) is 1.82. The summed E-state index contributed by atoms with van der Waals surface area (Å²) in [5.41, 5.74) is 0.449. The molecule has 0 aromatic heterocycles. The third-order valence-electron chi connectivity index (χ3n) is 3.32. The van der Waals surface area contributed by atoms with E-state index in [0.29, 0.717) is 11.3 Å². The molecule has 0 fully saturated rings. The Balaban J connectivity index is 2.60. The van der Waals surface area contributed by atoms with Gasteiger partial charge in [0.2, 0.25) is 0 Å². The average Bonchev–Trinajstić information content (AvgIpc) is 2.56. The Bertz CT molecular complexity index is 566. The molecule has 1 aromatic carbocycles. The lowest BCUT2D eigenvalue weighted by atomic mass is 9.99. The van der Waals surface area contributed by atoms with Crippen LogP contribution in [0, 0.1) is 17.2 Å². The monoisotopic (exact) mass is 304 g/mol. The largest absolute Gasteiger partial charge is 0.484 e. The lowest BCUT2D eigenvalue weighted by Gasteiger charge is -2.21. The summed E-state index contributed by atoms with van der Waals surface area (Å²) in [7, 11) is 1.29. The molecule has 0 aliphatic heterocycles. The van der Waals surface area contributed by atoms with Gasteiger partial charge in [-0.05, 0) is 24.1 Å². The highest BCUT2D eigenvalue weighted by molar-refractivity contribution is 5.85. The Morgan fingerprint density at radius 1 is 1.41 bits per heavy atom. The van der Waals surface area contributed by atoms with Crippen LogP contribution in [0.2, 0.25) is 0 Å². The first-order valence-electron chi connectivity index (χ1n) is 7.02. The van der Waals surface area contributed by atoms with Crippen LogP contribution in [0.5, 0.6) is 5.75 Å². The normalized spacial score (nSPS) is 12.6. The summed E-state index contributed by atoms with van der Waals surface area (Å²) in [4.78, 5) is 23.6. The van der Waals surface area contributed by atoms with Gasteiger partial charge in [0.25, 0.3) is 5.91 Å². The minimum atomic E-state index is -0.698. The Kier molecular flexibility index (Phi) is 6.90. The van der Waals surface area contributed by atoms with Gasteiger partial charge in [0.1, 0.15) is 11.8 Å². The molecule has 1 rings (SSSR count). The van der Waals surface area contributed by atoms with E-state index in [2.05, 4.69) is 5.32 Å². The average molecular weight is 304 g/mol. The number of rotatable bonds is 7. The molecule has 1 aromatic rings. The highest BCUT2D eigenvalue weighted by Gasteiger charge is 2.26. The van der Waals surface area contributed by atoms with Crippen LogP contribution in [0.3, 0.4) is 0 Å². The Labute approximate surface area is 130 Å². The number of methoxy groups -OCH3 is 1. The molecule has 0 saturated carbocycles. The number of esters is 1. The summed E-state index contributed by atoms with van der Waals surface area (Å²) in [6.07, 6.45) is 0.727. The number of ether oxygens (including phenoxy) is 2. The Morgan fingerprint density at radius 2 is 2.14 bits per heavy atom. The van der Waals surface area contributed by atoms with E-state index in [1.807, 2.05) is 19.9 Å². The van der Waals surface area contributed by atoms with Crippen LogP contribution in [-0.4, -0.2) is 31.6 Å². The van der Waals surface area contributed by atoms with Crippen LogP contribution >= 0.6 is 0 Å². The van der Waals surface area contributed by atoms with Gasteiger partial charge >= 0.3 is 5.97 Å². The van der Waals surface area contributed by atoms with Gasteiger partial charge in [0, 0.05) is 0 Å². The lowest BCUT2D eigenvalue weighted by molar-refractivity contribution is -0.146. The van der Waals surface area contributed by atoms with Gasteiger partial charge in [0.05, 0.1) is 18.7 Å². The van der Waals surface area contributed by atoms with Crippen molar-refractivity contribution in [2.45, 2.75) is 26.3 Å². The molecule has 0 aliphatic rings. The third-order valence-corrected chi connectivity index (χ3v) is 3.32. The summed E-state index contributed by atoms with van der Waals surface area (Å²) >= 11 is 0. The standard InChI is InChI=1S/C16H20N2O4/c1-4-11(2)15(16(20)21-3)18-14(19)10-22-13-7-5-6-12(8-13)9-17/h5-8,11,15H,4,10H2,1-3H3,(H,18,19)/t11-,15-/m0/s1. The highest BCUT2D eigenvalue weighted by Crippen LogP contribution is 2.13. The molecule has 6 heteroatoms. The van der Waals surface area contributed by atoms with E-state index in [1.54, 1.807) is 24.3 Å². The van der Waals surface area contributed by atoms with Gasteiger partial charge in [-0.2, -0.15) is 5.26 Å². The van der Waals surface area contributed by atoms with Crippen LogP contribution < -0.4 is 10.1 Å². The van der Waals surface area contributed by atoms with Crippen LogP contribution in [-0.2, 0) is 14.3 Å². The summed E-state index contributed by atoms with van der Waals surface area (Å²) in [6, 6.07) is 7.80. The van der Waals surface area contributed by atoms with Gasteiger partial charge in [-0.15, -0.1) is 0 Å². The van der Waals surface area contributed by atoms with E-state index in [-0.39, 0.29) is 12.5 Å². The Hall–Kier alpha value is -2.55. The van der Waals surface area contributed by atoms with Crippen molar-refractivity contribution in [1.82, 2.24) is 5.32 Å². The third kappa shape index (κ3) is 5.09. The van der Waals surface area contributed by atoms with Crippen LogP contribution in [0.15, 0.2) is 24.3 Å². The molecule has 0 heterocycles. The summed E-state index contributed by atoms with van der Waals surface area (Å²) in [6.45, 7) is 3.55. The van der Waals surface area contributed by atoms with Crippen LogP contribution in [0.4, 0.5) is 0 Å². The molecule has 1 N–H and O–H groups in total. The number of nitriles is 1. The summed E-state index contributed by atoms with van der Waals surface area (Å²) < 4.78 is 10.0. The van der Waals surface area contributed by atoms with E-state index in [4.69, 9.17) is 14.7 Å². The number of benzene rings is 1.